The highest BCUT2D eigenvalue weighted by atomic mass is 16.6. The summed E-state index contributed by atoms with van der Waals surface area (Å²) in [5.41, 5.74) is 7.39. The number of hydrogen-bond donors (Lipinski definition) is 1. The van der Waals surface area contributed by atoms with E-state index in [1.54, 1.807) is 9.58 Å². The average molecular weight is 393 g/mol. The summed E-state index contributed by atoms with van der Waals surface area (Å²) < 4.78 is 7.28. The summed E-state index contributed by atoms with van der Waals surface area (Å²) in [7, 11) is 1.86. The van der Waals surface area contributed by atoms with E-state index in [0.717, 1.165) is 30.9 Å². The van der Waals surface area contributed by atoms with Crippen LogP contribution in [0.3, 0.4) is 0 Å². The summed E-state index contributed by atoms with van der Waals surface area (Å²) in [5.74, 6) is -0.0599. The molecule has 0 bridgehead atoms. The van der Waals surface area contributed by atoms with E-state index in [2.05, 4.69) is 10.00 Å². The van der Waals surface area contributed by atoms with Crippen LogP contribution in [0.25, 0.3) is 0 Å². The van der Waals surface area contributed by atoms with E-state index in [9.17, 15) is 9.59 Å². The summed E-state index contributed by atoms with van der Waals surface area (Å²) in [6, 6.07) is 0. The van der Waals surface area contributed by atoms with Crippen molar-refractivity contribution in [1.29, 1.82) is 0 Å². The molecule has 0 unspecified atom stereocenters. The van der Waals surface area contributed by atoms with Gasteiger partial charge in [0.1, 0.15) is 5.60 Å². The second kappa shape index (κ2) is 8.08. The Labute approximate surface area is 166 Å². The van der Waals surface area contributed by atoms with Gasteiger partial charge in [0.05, 0.1) is 6.54 Å². The van der Waals surface area contributed by atoms with Crippen LogP contribution in [0.15, 0.2) is 0 Å². The first kappa shape index (κ1) is 20.6. The third kappa shape index (κ3) is 4.47. The van der Waals surface area contributed by atoms with Crippen molar-refractivity contribution >= 4 is 12.0 Å². The standard InChI is InChI=1S/C19H32N6O3/c1-19(2,3)28-18(27)25-7-5-15-14(13-25)16(21-22(15)4)17(26)24-11-9-23(8-6-20)10-12-24/h5-13,20H2,1-4H3. The number of fused-ring (bicyclic) bond motifs is 1. The van der Waals surface area contributed by atoms with Gasteiger partial charge in [-0.1, -0.05) is 0 Å². The highest BCUT2D eigenvalue weighted by molar-refractivity contribution is 5.94. The maximum absolute atomic E-state index is 13.1. The molecule has 1 fully saturated rings. The van der Waals surface area contributed by atoms with Crippen molar-refractivity contribution in [1.82, 2.24) is 24.5 Å². The number of carbonyl (C=O) groups excluding carboxylic acids is 2. The Morgan fingerprint density at radius 3 is 2.39 bits per heavy atom. The number of carbonyl (C=O) groups is 2. The maximum Gasteiger partial charge on any atom is 0.410 e. The Morgan fingerprint density at radius 2 is 1.79 bits per heavy atom. The predicted molar refractivity (Wildman–Crippen MR) is 105 cm³/mol. The molecule has 0 atom stereocenters. The molecule has 0 aromatic carbocycles. The third-order valence-corrected chi connectivity index (χ3v) is 5.20. The number of hydrogen-bond acceptors (Lipinski definition) is 6. The van der Waals surface area contributed by atoms with Crippen LogP contribution in [0.2, 0.25) is 0 Å². The van der Waals surface area contributed by atoms with Crippen molar-refractivity contribution in [2.45, 2.75) is 39.3 Å². The number of nitrogens with zero attached hydrogens (tertiary/aromatic N) is 5. The van der Waals surface area contributed by atoms with Crippen molar-refractivity contribution in [3.63, 3.8) is 0 Å². The predicted octanol–water partition coefficient (Wildman–Crippen LogP) is 0.430. The number of amides is 2. The molecule has 0 aliphatic carbocycles. The molecule has 2 aliphatic heterocycles. The molecule has 3 heterocycles. The van der Waals surface area contributed by atoms with Crippen LogP contribution in [0.1, 0.15) is 42.5 Å². The monoisotopic (exact) mass is 392 g/mol. The number of rotatable bonds is 3. The summed E-state index contributed by atoms with van der Waals surface area (Å²) in [6.45, 7) is 10.9. The lowest BCUT2D eigenvalue weighted by atomic mass is 10.0. The minimum Gasteiger partial charge on any atom is -0.444 e. The SMILES string of the molecule is Cn1nc(C(=O)N2CCN(CCN)CC2)c2c1CCN(C(=O)OC(C)(C)C)C2. The van der Waals surface area contributed by atoms with E-state index in [0.29, 0.717) is 44.8 Å². The fourth-order valence-electron chi connectivity index (χ4n) is 3.75. The first-order valence-corrected chi connectivity index (χ1v) is 9.94. The molecule has 9 nitrogen and oxygen atoms in total. The van der Waals surface area contributed by atoms with Gasteiger partial charge in [0.2, 0.25) is 0 Å². The largest absolute Gasteiger partial charge is 0.444 e. The Bertz CT molecular complexity index is 731. The fraction of sp³-hybridized carbons (Fsp3) is 0.737. The number of ether oxygens (including phenoxy) is 1. The molecule has 156 valence electrons. The number of piperazine rings is 1. The molecule has 1 aromatic rings. The van der Waals surface area contributed by atoms with Crippen molar-refractivity contribution in [3.8, 4) is 0 Å². The average Bonchev–Trinajstić information content (AvgIpc) is 2.97. The molecule has 3 rings (SSSR count). The lowest BCUT2D eigenvalue weighted by molar-refractivity contribution is 0.0220. The van der Waals surface area contributed by atoms with Gasteiger partial charge in [-0.25, -0.2) is 4.79 Å². The Balaban J connectivity index is 1.73. The molecule has 1 aromatic heterocycles. The van der Waals surface area contributed by atoms with Crippen LogP contribution in [0, 0.1) is 0 Å². The lowest BCUT2D eigenvalue weighted by Crippen LogP contribution is -2.50. The summed E-state index contributed by atoms with van der Waals surface area (Å²) in [4.78, 5) is 31.4. The first-order chi connectivity index (χ1) is 13.2. The van der Waals surface area contributed by atoms with Crippen LogP contribution >= 0.6 is 0 Å². The zero-order chi connectivity index (χ0) is 20.5. The summed E-state index contributed by atoms with van der Waals surface area (Å²) >= 11 is 0. The molecule has 0 spiro atoms. The van der Waals surface area contributed by atoms with Gasteiger partial charge in [-0.2, -0.15) is 5.10 Å². The molecule has 2 N–H and O–H groups in total. The van der Waals surface area contributed by atoms with Gasteiger partial charge >= 0.3 is 6.09 Å². The number of aryl methyl sites for hydroxylation is 1. The molecule has 28 heavy (non-hydrogen) atoms. The second-order valence-corrected chi connectivity index (χ2v) is 8.47. The Morgan fingerprint density at radius 1 is 1.11 bits per heavy atom. The lowest BCUT2D eigenvalue weighted by Gasteiger charge is -2.34. The normalized spacial score (nSPS) is 18.2. The van der Waals surface area contributed by atoms with E-state index < -0.39 is 5.60 Å². The van der Waals surface area contributed by atoms with Gasteiger partial charge < -0.3 is 20.3 Å². The van der Waals surface area contributed by atoms with E-state index in [1.165, 1.54) is 0 Å². The third-order valence-electron chi connectivity index (χ3n) is 5.20. The van der Waals surface area contributed by atoms with Gasteiger partial charge in [-0.15, -0.1) is 0 Å². The quantitative estimate of drug-likeness (QED) is 0.801. The summed E-state index contributed by atoms with van der Waals surface area (Å²) in [5, 5.41) is 4.50. The topological polar surface area (TPSA) is 96.9 Å². The van der Waals surface area contributed by atoms with Gasteiger partial charge in [-0.05, 0) is 20.8 Å². The van der Waals surface area contributed by atoms with E-state index in [-0.39, 0.29) is 12.0 Å². The van der Waals surface area contributed by atoms with Crippen LogP contribution in [-0.4, -0.2) is 87.9 Å². The molecule has 0 saturated carbocycles. The van der Waals surface area contributed by atoms with Crippen molar-refractivity contribution in [2.75, 3.05) is 45.8 Å². The molecular weight excluding hydrogens is 360 g/mol. The second-order valence-electron chi connectivity index (χ2n) is 8.47. The highest BCUT2D eigenvalue weighted by Gasteiger charge is 2.33. The first-order valence-electron chi connectivity index (χ1n) is 9.94. The molecule has 2 aliphatic rings. The molecular formula is C19H32N6O3. The van der Waals surface area contributed by atoms with Gasteiger partial charge in [-0.3, -0.25) is 14.4 Å². The zero-order valence-electron chi connectivity index (χ0n) is 17.4. The zero-order valence-corrected chi connectivity index (χ0v) is 17.4. The minimum atomic E-state index is -0.547. The minimum absolute atomic E-state index is 0.0599. The maximum atomic E-state index is 13.1. The van der Waals surface area contributed by atoms with E-state index >= 15 is 0 Å². The highest BCUT2D eigenvalue weighted by Crippen LogP contribution is 2.25. The van der Waals surface area contributed by atoms with Gasteiger partial charge in [0, 0.05) is 70.5 Å². The molecule has 9 heteroatoms. The smallest absolute Gasteiger partial charge is 0.410 e. The van der Waals surface area contributed by atoms with Crippen LogP contribution in [0.4, 0.5) is 4.79 Å². The van der Waals surface area contributed by atoms with Crippen LogP contribution < -0.4 is 5.73 Å². The van der Waals surface area contributed by atoms with Gasteiger partial charge in [0.15, 0.2) is 5.69 Å². The van der Waals surface area contributed by atoms with E-state index in [4.69, 9.17) is 10.5 Å². The molecule has 0 radical (unpaired) electrons. The molecule has 2 amide bonds. The molecule has 1 saturated heterocycles. The Hall–Kier alpha value is -2.13. The number of nitrogens with two attached hydrogens (primary N) is 1. The van der Waals surface area contributed by atoms with Crippen LogP contribution in [0.5, 0.6) is 0 Å². The fourth-order valence-corrected chi connectivity index (χ4v) is 3.75. The summed E-state index contributed by atoms with van der Waals surface area (Å²) in [6.07, 6.45) is 0.311. The van der Waals surface area contributed by atoms with Gasteiger partial charge in [0.25, 0.3) is 5.91 Å². The van der Waals surface area contributed by atoms with Crippen LogP contribution in [-0.2, 0) is 24.8 Å². The van der Waals surface area contributed by atoms with E-state index in [1.807, 2.05) is 32.7 Å². The van der Waals surface area contributed by atoms with Crippen molar-refractivity contribution in [2.24, 2.45) is 12.8 Å². The Kier molecular flexibility index (Phi) is 5.95. The number of aromatic nitrogens is 2. The van der Waals surface area contributed by atoms with Crippen molar-refractivity contribution < 1.29 is 14.3 Å². The van der Waals surface area contributed by atoms with Crippen molar-refractivity contribution in [3.05, 3.63) is 17.0 Å².